The molecule has 34 heavy (non-hydrogen) atoms. The number of amides is 1. The minimum absolute atomic E-state index is 0.0489. The van der Waals surface area contributed by atoms with E-state index in [4.69, 9.17) is 9.72 Å². The van der Waals surface area contributed by atoms with Crippen LogP contribution >= 0.6 is 0 Å². The number of ether oxygens (including phenoxy) is 1. The van der Waals surface area contributed by atoms with Crippen molar-refractivity contribution < 1.29 is 14.6 Å². The topological polar surface area (TPSA) is 67.6 Å². The Morgan fingerprint density at radius 2 is 1.82 bits per heavy atom. The molecule has 1 N–H and O–H groups in total. The highest BCUT2D eigenvalue weighted by atomic mass is 16.5. The van der Waals surface area contributed by atoms with Crippen LogP contribution in [-0.2, 0) is 11.3 Å². The summed E-state index contributed by atoms with van der Waals surface area (Å²) in [6.45, 7) is 5.11. The van der Waals surface area contributed by atoms with Crippen molar-refractivity contribution in [3.63, 3.8) is 0 Å². The van der Waals surface area contributed by atoms with Gasteiger partial charge in [-0.05, 0) is 55.3 Å². The lowest BCUT2D eigenvalue weighted by molar-refractivity contribution is -0.117. The number of rotatable bonds is 7. The number of carbonyl (C=O) groups is 1. The van der Waals surface area contributed by atoms with E-state index < -0.39 is 6.10 Å². The van der Waals surface area contributed by atoms with Crippen molar-refractivity contribution in [2.75, 3.05) is 18.1 Å². The van der Waals surface area contributed by atoms with Gasteiger partial charge >= 0.3 is 0 Å². The first-order valence-corrected chi connectivity index (χ1v) is 11.7. The smallest absolute Gasteiger partial charge is 0.227 e. The Hall–Kier alpha value is -3.64. The number of benzene rings is 3. The summed E-state index contributed by atoms with van der Waals surface area (Å²) in [4.78, 5) is 19.6. The highest BCUT2D eigenvalue weighted by Gasteiger charge is 2.35. The summed E-state index contributed by atoms with van der Waals surface area (Å²) < 4.78 is 8.01. The van der Waals surface area contributed by atoms with Gasteiger partial charge < -0.3 is 19.3 Å². The van der Waals surface area contributed by atoms with Gasteiger partial charge in [0.15, 0.2) is 0 Å². The predicted octanol–water partition coefficient (Wildman–Crippen LogP) is 4.61. The normalized spacial score (nSPS) is 16.9. The monoisotopic (exact) mass is 455 g/mol. The SMILES string of the molecule is Cc1ccc(C)c(OC[C@@H](O)Cn2c([C@H]3CC(=O)N(c4ccccc4)C3)nc3ccccc32)c1. The summed E-state index contributed by atoms with van der Waals surface area (Å²) in [6, 6.07) is 23.7. The molecule has 2 heterocycles. The second kappa shape index (κ2) is 9.31. The fourth-order valence-corrected chi connectivity index (χ4v) is 4.65. The quantitative estimate of drug-likeness (QED) is 0.442. The molecule has 0 bridgehead atoms. The fraction of sp³-hybridized carbons (Fsp3) is 0.286. The Morgan fingerprint density at radius 3 is 2.65 bits per heavy atom. The number of hydrogen-bond donors (Lipinski definition) is 1. The molecule has 0 aliphatic carbocycles. The summed E-state index contributed by atoms with van der Waals surface area (Å²) >= 11 is 0. The zero-order chi connectivity index (χ0) is 23.7. The van der Waals surface area contributed by atoms with E-state index in [-0.39, 0.29) is 18.4 Å². The number of aromatic nitrogens is 2. The van der Waals surface area contributed by atoms with Gasteiger partial charge in [-0.15, -0.1) is 0 Å². The van der Waals surface area contributed by atoms with Crippen molar-refractivity contribution in [3.8, 4) is 5.75 Å². The van der Waals surface area contributed by atoms with E-state index in [1.807, 2.05) is 91.5 Å². The molecule has 6 nitrogen and oxygen atoms in total. The third-order valence-corrected chi connectivity index (χ3v) is 6.41. The van der Waals surface area contributed by atoms with Gasteiger partial charge in [0.25, 0.3) is 0 Å². The van der Waals surface area contributed by atoms with Gasteiger partial charge in [-0.2, -0.15) is 0 Å². The van der Waals surface area contributed by atoms with Crippen LogP contribution < -0.4 is 9.64 Å². The lowest BCUT2D eigenvalue weighted by atomic mass is 10.1. The number of carbonyl (C=O) groups excluding carboxylic acids is 1. The molecule has 1 aliphatic rings. The molecule has 0 spiro atoms. The fourth-order valence-electron chi connectivity index (χ4n) is 4.65. The third kappa shape index (κ3) is 4.41. The van der Waals surface area contributed by atoms with Crippen molar-refractivity contribution in [2.24, 2.45) is 0 Å². The first-order valence-electron chi connectivity index (χ1n) is 11.7. The number of anilines is 1. The van der Waals surface area contributed by atoms with Crippen molar-refractivity contribution in [2.45, 2.75) is 38.8 Å². The van der Waals surface area contributed by atoms with Crippen molar-refractivity contribution in [3.05, 3.63) is 89.7 Å². The number of hydrogen-bond acceptors (Lipinski definition) is 4. The lowest BCUT2D eigenvalue weighted by Gasteiger charge is -2.19. The minimum Gasteiger partial charge on any atom is -0.491 e. The number of aliphatic hydroxyl groups is 1. The van der Waals surface area contributed by atoms with Crippen LogP contribution in [0.3, 0.4) is 0 Å². The van der Waals surface area contributed by atoms with Crippen LogP contribution in [0.15, 0.2) is 72.8 Å². The van der Waals surface area contributed by atoms with E-state index in [0.717, 1.165) is 39.4 Å². The summed E-state index contributed by atoms with van der Waals surface area (Å²) in [5.41, 5.74) is 4.88. The highest BCUT2D eigenvalue weighted by molar-refractivity contribution is 5.96. The van der Waals surface area contributed by atoms with Crippen molar-refractivity contribution in [1.82, 2.24) is 9.55 Å². The molecule has 174 valence electrons. The molecule has 0 unspecified atom stereocenters. The Bertz CT molecular complexity index is 1320. The number of fused-ring (bicyclic) bond motifs is 1. The van der Waals surface area contributed by atoms with Crippen LogP contribution in [0.1, 0.15) is 29.3 Å². The van der Waals surface area contributed by atoms with E-state index in [2.05, 4.69) is 4.57 Å². The standard InChI is InChI=1S/C28H29N3O3/c1-19-12-13-20(2)26(14-19)34-18-23(32)17-31-25-11-7-6-10-24(25)29-28(31)21-15-27(33)30(16-21)22-8-4-3-5-9-22/h3-14,21,23,32H,15-18H2,1-2H3/t21-,23-/m0/s1. The number of aryl methyl sites for hydroxylation is 2. The molecule has 1 saturated heterocycles. The summed E-state index contributed by atoms with van der Waals surface area (Å²) in [5.74, 6) is 1.66. The number of nitrogens with zero attached hydrogens (tertiary/aromatic N) is 3. The van der Waals surface area contributed by atoms with E-state index in [1.54, 1.807) is 0 Å². The molecule has 1 amide bonds. The van der Waals surface area contributed by atoms with E-state index in [0.29, 0.717) is 19.5 Å². The van der Waals surface area contributed by atoms with Gasteiger partial charge in [0.1, 0.15) is 24.3 Å². The highest BCUT2D eigenvalue weighted by Crippen LogP contribution is 2.33. The van der Waals surface area contributed by atoms with Crippen molar-refractivity contribution >= 4 is 22.6 Å². The van der Waals surface area contributed by atoms with E-state index >= 15 is 0 Å². The predicted molar refractivity (Wildman–Crippen MR) is 133 cm³/mol. The summed E-state index contributed by atoms with van der Waals surface area (Å²) in [6.07, 6.45) is -0.327. The molecule has 1 fully saturated rings. The van der Waals surface area contributed by atoms with E-state index in [9.17, 15) is 9.90 Å². The average molecular weight is 456 g/mol. The van der Waals surface area contributed by atoms with E-state index in [1.165, 1.54) is 0 Å². The van der Waals surface area contributed by atoms with Crippen LogP contribution in [0.4, 0.5) is 5.69 Å². The molecule has 1 aromatic heterocycles. The zero-order valence-corrected chi connectivity index (χ0v) is 19.5. The second-order valence-corrected chi connectivity index (χ2v) is 9.04. The molecule has 0 saturated carbocycles. The maximum Gasteiger partial charge on any atom is 0.227 e. The first kappa shape index (κ1) is 22.2. The van der Waals surface area contributed by atoms with Crippen molar-refractivity contribution in [1.29, 1.82) is 0 Å². The first-order chi connectivity index (χ1) is 16.5. The van der Waals surface area contributed by atoms with Gasteiger partial charge in [0.2, 0.25) is 5.91 Å². The Morgan fingerprint density at radius 1 is 1.06 bits per heavy atom. The van der Waals surface area contributed by atoms with Crippen LogP contribution in [0.2, 0.25) is 0 Å². The molecule has 5 rings (SSSR count). The van der Waals surface area contributed by atoms with Crippen LogP contribution in [0.25, 0.3) is 11.0 Å². The van der Waals surface area contributed by atoms with Gasteiger partial charge in [-0.1, -0.05) is 42.5 Å². The molecule has 1 aliphatic heterocycles. The Balaban J connectivity index is 1.38. The Labute approximate surface area is 199 Å². The second-order valence-electron chi connectivity index (χ2n) is 9.04. The van der Waals surface area contributed by atoms with Crippen LogP contribution in [0, 0.1) is 13.8 Å². The molecular formula is C28H29N3O3. The summed E-state index contributed by atoms with van der Waals surface area (Å²) in [5, 5.41) is 10.9. The van der Waals surface area contributed by atoms with Crippen LogP contribution in [0.5, 0.6) is 5.75 Å². The van der Waals surface area contributed by atoms with Crippen LogP contribution in [-0.4, -0.2) is 39.8 Å². The third-order valence-electron chi connectivity index (χ3n) is 6.41. The molecular weight excluding hydrogens is 426 g/mol. The largest absolute Gasteiger partial charge is 0.491 e. The molecule has 0 radical (unpaired) electrons. The van der Waals surface area contributed by atoms with Gasteiger partial charge in [0.05, 0.1) is 17.6 Å². The minimum atomic E-state index is -0.724. The molecule has 6 heteroatoms. The molecule has 2 atom stereocenters. The number of imidazole rings is 1. The van der Waals surface area contributed by atoms with Gasteiger partial charge in [-0.3, -0.25) is 4.79 Å². The Kier molecular flexibility index (Phi) is 6.07. The zero-order valence-electron chi connectivity index (χ0n) is 19.5. The lowest BCUT2D eigenvalue weighted by Crippen LogP contribution is -2.26. The van der Waals surface area contributed by atoms with Gasteiger partial charge in [0, 0.05) is 24.6 Å². The number of aliphatic hydroxyl groups excluding tert-OH is 1. The maximum atomic E-state index is 12.8. The maximum absolute atomic E-state index is 12.8. The average Bonchev–Trinajstić information content (AvgIpc) is 3.41. The number of para-hydroxylation sites is 3. The molecule has 3 aromatic carbocycles. The summed E-state index contributed by atoms with van der Waals surface area (Å²) in [7, 11) is 0. The molecule has 4 aromatic rings. The van der Waals surface area contributed by atoms with Gasteiger partial charge in [-0.25, -0.2) is 4.98 Å².